The minimum absolute atomic E-state index is 0.0371. The van der Waals surface area contributed by atoms with Crippen LogP contribution in [0.5, 0.6) is 0 Å². The summed E-state index contributed by atoms with van der Waals surface area (Å²) in [6, 6.07) is 10.1. The van der Waals surface area contributed by atoms with Gasteiger partial charge in [0, 0.05) is 24.4 Å². The van der Waals surface area contributed by atoms with Gasteiger partial charge in [-0.2, -0.15) is 0 Å². The number of non-ortho nitro benzene ring substituents is 1. The van der Waals surface area contributed by atoms with Crippen molar-refractivity contribution in [2.45, 2.75) is 25.5 Å². The molecule has 8 heteroatoms. The summed E-state index contributed by atoms with van der Waals surface area (Å²) in [5, 5.41) is 15.7. The molecule has 1 aliphatic rings. The number of benzene rings is 1. The maximum Gasteiger partial charge on any atom is 0.279 e. The number of nitro benzene ring substituents is 1. The number of carbonyl (C=O) groups is 1. The highest BCUT2D eigenvalue weighted by Gasteiger charge is 2.24. The SMILES string of the molecule is O=C(C[NH+](Cc1cccs1)C[C@H]1CCCO1)Nc1cccc([N+](=O)[O-])c1. The van der Waals surface area contributed by atoms with Crippen molar-refractivity contribution in [2.24, 2.45) is 0 Å². The number of hydrogen-bond donors (Lipinski definition) is 2. The zero-order chi connectivity index (χ0) is 18.4. The van der Waals surface area contributed by atoms with Gasteiger partial charge in [-0.05, 0) is 30.4 Å². The fourth-order valence-corrected chi connectivity index (χ4v) is 3.90. The molecule has 1 amide bonds. The first-order valence-electron chi connectivity index (χ1n) is 8.62. The molecule has 1 aromatic carbocycles. The van der Waals surface area contributed by atoms with Crippen molar-refractivity contribution in [3.05, 3.63) is 56.8 Å². The molecule has 138 valence electrons. The number of carbonyl (C=O) groups excluding carboxylic acids is 1. The van der Waals surface area contributed by atoms with Crippen LogP contribution in [-0.4, -0.2) is 36.6 Å². The van der Waals surface area contributed by atoms with E-state index in [0.717, 1.165) is 37.4 Å². The summed E-state index contributed by atoms with van der Waals surface area (Å²) in [7, 11) is 0. The first-order chi connectivity index (χ1) is 12.6. The van der Waals surface area contributed by atoms with Gasteiger partial charge in [-0.15, -0.1) is 11.3 Å². The molecular weight excluding hydrogens is 354 g/mol. The van der Waals surface area contributed by atoms with Crippen LogP contribution in [0.4, 0.5) is 11.4 Å². The second-order valence-electron chi connectivity index (χ2n) is 6.38. The molecule has 1 fully saturated rings. The third-order valence-electron chi connectivity index (χ3n) is 4.30. The van der Waals surface area contributed by atoms with Crippen LogP contribution in [-0.2, 0) is 16.1 Å². The Kier molecular flexibility index (Phi) is 6.32. The fraction of sp³-hybridized carbons (Fsp3) is 0.389. The molecule has 1 unspecified atom stereocenters. The van der Waals surface area contributed by atoms with Crippen molar-refractivity contribution in [1.29, 1.82) is 0 Å². The highest BCUT2D eigenvalue weighted by Crippen LogP contribution is 2.16. The number of nitro groups is 1. The van der Waals surface area contributed by atoms with Gasteiger partial charge in [0.05, 0.1) is 9.80 Å². The molecule has 7 nitrogen and oxygen atoms in total. The predicted octanol–water partition coefficient (Wildman–Crippen LogP) is 1.86. The molecule has 26 heavy (non-hydrogen) atoms. The first kappa shape index (κ1) is 18.5. The van der Waals surface area contributed by atoms with E-state index < -0.39 is 4.92 Å². The van der Waals surface area contributed by atoms with E-state index >= 15 is 0 Å². The zero-order valence-electron chi connectivity index (χ0n) is 14.3. The number of nitrogens with one attached hydrogen (secondary N) is 2. The molecule has 0 aliphatic carbocycles. The largest absolute Gasteiger partial charge is 0.372 e. The molecule has 0 bridgehead atoms. The lowest BCUT2D eigenvalue weighted by Crippen LogP contribution is -3.12. The Morgan fingerprint density at radius 2 is 2.27 bits per heavy atom. The molecule has 1 saturated heterocycles. The van der Waals surface area contributed by atoms with E-state index in [0.29, 0.717) is 12.2 Å². The smallest absolute Gasteiger partial charge is 0.279 e. The average molecular weight is 376 g/mol. The van der Waals surface area contributed by atoms with Crippen LogP contribution in [0.15, 0.2) is 41.8 Å². The predicted molar refractivity (Wildman–Crippen MR) is 99.4 cm³/mol. The van der Waals surface area contributed by atoms with Gasteiger partial charge in [-0.25, -0.2) is 0 Å². The van der Waals surface area contributed by atoms with Gasteiger partial charge < -0.3 is 15.0 Å². The maximum absolute atomic E-state index is 12.5. The molecule has 1 aliphatic heterocycles. The van der Waals surface area contributed by atoms with Gasteiger partial charge in [0.15, 0.2) is 6.54 Å². The number of hydrogen-bond acceptors (Lipinski definition) is 5. The molecule has 2 N–H and O–H groups in total. The molecule has 2 heterocycles. The van der Waals surface area contributed by atoms with E-state index in [4.69, 9.17) is 4.74 Å². The lowest BCUT2D eigenvalue weighted by atomic mass is 10.2. The minimum atomic E-state index is -0.471. The van der Waals surface area contributed by atoms with Gasteiger partial charge in [0.2, 0.25) is 0 Å². The second kappa shape index (κ2) is 8.88. The van der Waals surface area contributed by atoms with Crippen LogP contribution in [0.2, 0.25) is 0 Å². The maximum atomic E-state index is 12.5. The van der Waals surface area contributed by atoms with Gasteiger partial charge in [-0.3, -0.25) is 14.9 Å². The van der Waals surface area contributed by atoms with E-state index in [1.807, 2.05) is 11.4 Å². The normalized spacial score (nSPS) is 17.8. The van der Waals surface area contributed by atoms with Crippen LogP contribution in [0.25, 0.3) is 0 Å². The molecule has 2 atom stereocenters. The van der Waals surface area contributed by atoms with Crippen molar-refractivity contribution in [1.82, 2.24) is 0 Å². The Morgan fingerprint density at radius 3 is 2.96 bits per heavy atom. The monoisotopic (exact) mass is 376 g/mol. The van der Waals surface area contributed by atoms with E-state index in [2.05, 4.69) is 11.4 Å². The number of thiophene rings is 1. The van der Waals surface area contributed by atoms with Gasteiger partial charge in [0.25, 0.3) is 11.6 Å². The van der Waals surface area contributed by atoms with Gasteiger partial charge >= 0.3 is 0 Å². The summed E-state index contributed by atoms with van der Waals surface area (Å²) in [4.78, 5) is 25.2. The molecule has 0 spiro atoms. The molecule has 0 radical (unpaired) electrons. The lowest BCUT2D eigenvalue weighted by Gasteiger charge is -2.21. The second-order valence-corrected chi connectivity index (χ2v) is 7.41. The van der Waals surface area contributed by atoms with E-state index in [1.165, 1.54) is 17.0 Å². The minimum Gasteiger partial charge on any atom is -0.372 e. The molecule has 0 saturated carbocycles. The number of amides is 1. The fourth-order valence-electron chi connectivity index (χ4n) is 3.12. The van der Waals surface area contributed by atoms with Crippen LogP contribution in [0.1, 0.15) is 17.7 Å². The first-order valence-corrected chi connectivity index (χ1v) is 9.50. The van der Waals surface area contributed by atoms with Crippen LogP contribution in [0, 0.1) is 10.1 Å². The highest BCUT2D eigenvalue weighted by molar-refractivity contribution is 7.09. The van der Waals surface area contributed by atoms with Crippen LogP contribution < -0.4 is 10.2 Å². The Labute approximate surface area is 155 Å². The molecule has 1 aromatic heterocycles. The van der Waals surface area contributed by atoms with E-state index in [9.17, 15) is 14.9 Å². The Balaban J connectivity index is 1.62. The molecular formula is C18H22N3O4S+. The standard InChI is InChI=1S/C18H21N3O4S/c22-18(19-14-4-1-5-15(10-14)21(23)24)13-20(11-16-6-2-8-25-16)12-17-7-3-9-26-17/h1,3-5,7,9-10,16H,2,6,8,11-13H2,(H,19,22)/p+1/t16-/m1/s1. The Morgan fingerprint density at radius 1 is 1.38 bits per heavy atom. The van der Waals surface area contributed by atoms with Crippen molar-refractivity contribution in [2.75, 3.05) is 25.0 Å². The van der Waals surface area contributed by atoms with Gasteiger partial charge in [-0.1, -0.05) is 12.1 Å². The summed E-state index contributed by atoms with van der Waals surface area (Å²) in [5.74, 6) is -0.157. The average Bonchev–Trinajstić information content (AvgIpc) is 3.29. The highest BCUT2D eigenvalue weighted by atomic mass is 32.1. The Bertz CT molecular complexity index is 745. The van der Waals surface area contributed by atoms with E-state index in [1.54, 1.807) is 23.5 Å². The topological polar surface area (TPSA) is 85.9 Å². The van der Waals surface area contributed by atoms with Crippen LogP contribution >= 0.6 is 11.3 Å². The number of nitrogens with zero attached hydrogens (tertiary/aromatic N) is 1. The summed E-state index contributed by atoms with van der Waals surface area (Å²) in [6.45, 7) is 2.62. The summed E-state index contributed by atoms with van der Waals surface area (Å²) in [5.41, 5.74) is 0.404. The third-order valence-corrected chi connectivity index (χ3v) is 5.17. The lowest BCUT2D eigenvalue weighted by molar-refractivity contribution is -0.908. The Hall–Kier alpha value is -2.29. The summed E-state index contributed by atoms with van der Waals surface area (Å²) >= 11 is 1.68. The van der Waals surface area contributed by atoms with Gasteiger partial charge in [0.1, 0.15) is 19.2 Å². The quantitative estimate of drug-likeness (QED) is 0.544. The van der Waals surface area contributed by atoms with Crippen molar-refractivity contribution >= 4 is 28.6 Å². The number of quaternary nitrogens is 1. The van der Waals surface area contributed by atoms with Crippen molar-refractivity contribution in [3.8, 4) is 0 Å². The number of anilines is 1. The van der Waals surface area contributed by atoms with Crippen molar-refractivity contribution in [3.63, 3.8) is 0 Å². The molecule has 3 rings (SSSR count). The number of ether oxygens (including phenoxy) is 1. The number of rotatable bonds is 8. The van der Waals surface area contributed by atoms with Crippen molar-refractivity contribution < 1.29 is 19.4 Å². The summed E-state index contributed by atoms with van der Waals surface area (Å²) in [6.07, 6.45) is 2.28. The zero-order valence-corrected chi connectivity index (χ0v) is 15.2. The summed E-state index contributed by atoms with van der Waals surface area (Å²) < 4.78 is 5.72. The van der Waals surface area contributed by atoms with Crippen LogP contribution in [0.3, 0.4) is 0 Å². The van der Waals surface area contributed by atoms with E-state index in [-0.39, 0.29) is 17.7 Å². The third kappa shape index (κ3) is 5.35. The molecule has 2 aromatic rings.